The molecule has 2 heterocycles. The summed E-state index contributed by atoms with van der Waals surface area (Å²) in [6, 6.07) is 6.61. The molecule has 0 aliphatic rings. The number of aromatic nitrogens is 2. The van der Waals surface area contributed by atoms with Crippen LogP contribution < -0.4 is 11.1 Å². The molecule has 5 aromatic carbocycles. The number of oxazole rings is 2. The van der Waals surface area contributed by atoms with Crippen LogP contribution in [0.4, 0.5) is 79.0 Å². The summed E-state index contributed by atoms with van der Waals surface area (Å²) in [6.45, 7) is 0. The monoisotopic (exact) mass is 998 g/mol. The van der Waals surface area contributed by atoms with E-state index in [2.05, 4.69) is 9.97 Å². The van der Waals surface area contributed by atoms with Crippen molar-refractivity contribution in [3.05, 3.63) is 117 Å². The second-order valence-electron chi connectivity index (χ2n) is 14.5. The molecule has 0 unspecified atom stereocenters. The average molecular weight is 999 g/mol. The molecule has 356 valence electrons. The van der Waals surface area contributed by atoms with E-state index < -0.39 is 159 Å². The zero-order valence-electron chi connectivity index (χ0n) is 33.2. The Kier molecular flexibility index (Phi) is 11.7. The number of halogens is 18. The van der Waals surface area contributed by atoms with Crippen molar-refractivity contribution in [2.24, 2.45) is 0 Å². The number of hydrogen-bond acceptors (Lipinski definition) is 8. The standard InChI is InChI=1S/C44H12F18N6O2/c45-39(46,47)25-3-17(19-5-27(41(51,52)53)11-28(6-19)42(54,55)56)1-21(9-25)31-33-36(70-37(67-33)23(13-63)14-64)32(34-35(31)69-38(68-34)24(15-65)16-66)22-2-18(4-26(10-22)40(48,49)50)20-7-29(43(57,58)59)12-30(8-20)44(60,61)62/h1-12H. The number of rotatable bonds is 4. The summed E-state index contributed by atoms with van der Waals surface area (Å²) in [5, 5.41) is 38.8. The van der Waals surface area contributed by atoms with Crippen LogP contribution in [0, 0.1) is 45.3 Å². The molecule has 70 heavy (non-hydrogen) atoms. The van der Waals surface area contributed by atoms with E-state index in [1.807, 2.05) is 0 Å². The highest BCUT2D eigenvalue weighted by Gasteiger charge is 2.40. The Bertz CT molecular complexity index is 3240. The number of alkyl halides is 18. The first-order chi connectivity index (χ1) is 32.3. The normalized spacial score (nSPS) is 12.7. The van der Waals surface area contributed by atoms with Crippen LogP contribution in [0.15, 0.2) is 81.6 Å². The summed E-state index contributed by atoms with van der Waals surface area (Å²) in [5.41, 5.74) is -28.1. The molecule has 2 aromatic heterocycles. The molecule has 0 saturated carbocycles. The first-order valence-electron chi connectivity index (χ1n) is 18.4. The smallest absolute Gasteiger partial charge is 0.416 e. The van der Waals surface area contributed by atoms with Gasteiger partial charge in [0, 0.05) is 0 Å². The molecule has 0 amide bonds. The highest BCUT2D eigenvalue weighted by Crippen LogP contribution is 2.48. The summed E-state index contributed by atoms with van der Waals surface area (Å²) in [4.78, 5) is 7.91. The first-order valence-corrected chi connectivity index (χ1v) is 18.4. The van der Waals surface area contributed by atoms with Crippen LogP contribution >= 0.6 is 0 Å². The SMILES string of the molecule is N#CC(C#N)=c1nc2c(-c3cc(-c4cc(C(F)(F)F)cc(C(F)(F)F)c4)cc(C(F)(F)F)c3)c3oc(=C(C#N)C#N)nc3c(-c3cc(-c4cc(C(F)(F)F)cc(C(F)(F)F)c4)cc(C(F)(F)F)c3)c2o1. The molecular formula is C44H12F18N6O2. The van der Waals surface area contributed by atoms with Crippen LogP contribution in [0.2, 0.25) is 0 Å². The maximum Gasteiger partial charge on any atom is 0.416 e. The van der Waals surface area contributed by atoms with Gasteiger partial charge in [-0.2, -0.15) is 100 Å². The van der Waals surface area contributed by atoms with Gasteiger partial charge in [0.05, 0.1) is 44.5 Å². The molecule has 0 aliphatic heterocycles. The van der Waals surface area contributed by atoms with Gasteiger partial charge in [-0.05, 0) is 106 Å². The van der Waals surface area contributed by atoms with Crippen molar-refractivity contribution in [2.75, 3.05) is 0 Å². The summed E-state index contributed by atoms with van der Waals surface area (Å²) < 4.78 is 267. The Morgan fingerprint density at radius 2 is 0.543 bits per heavy atom. The van der Waals surface area contributed by atoms with E-state index >= 15 is 0 Å². The van der Waals surface area contributed by atoms with Gasteiger partial charge in [0.25, 0.3) is 0 Å². The molecule has 0 bridgehead atoms. The van der Waals surface area contributed by atoms with Crippen LogP contribution in [-0.2, 0) is 37.1 Å². The first kappa shape index (κ1) is 49.4. The van der Waals surface area contributed by atoms with E-state index in [9.17, 15) is 100 Å². The Morgan fingerprint density at radius 3 is 0.771 bits per heavy atom. The fourth-order valence-electron chi connectivity index (χ4n) is 6.97. The van der Waals surface area contributed by atoms with E-state index in [1.54, 1.807) is 0 Å². The third-order valence-corrected chi connectivity index (χ3v) is 10.00. The van der Waals surface area contributed by atoms with E-state index in [-0.39, 0.29) is 60.7 Å². The van der Waals surface area contributed by atoms with Crippen LogP contribution in [0.5, 0.6) is 0 Å². The van der Waals surface area contributed by atoms with Crippen LogP contribution in [0.25, 0.3) is 77.9 Å². The summed E-state index contributed by atoms with van der Waals surface area (Å²) >= 11 is 0. The number of benzene rings is 5. The van der Waals surface area contributed by atoms with Gasteiger partial charge in [-0.25, -0.2) is 9.97 Å². The Morgan fingerprint density at radius 1 is 0.329 bits per heavy atom. The number of fused-ring (bicyclic) bond motifs is 2. The summed E-state index contributed by atoms with van der Waals surface area (Å²) in [6.07, 6.45) is -33.2. The molecule has 8 nitrogen and oxygen atoms in total. The van der Waals surface area contributed by atoms with Crippen molar-refractivity contribution in [3.63, 3.8) is 0 Å². The second kappa shape index (κ2) is 16.6. The molecule has 7 aromatic rings. The van der Waals surface area contributed by atoms with Gasteiger partial charge in [-0.15, -0.1) is 0 Å². The van der Waals surface area contributed by atoms with E-state index in [0.29, 0.717) is 12.1 Å². The molecule has 0 atom stereocenters. The lowest BCUT2D eigenvalue weighted by molar-refractivity contribution is -0.144. The highest BCUT2D eigenvalue weighted by atomic mass is 19.4. The minimum absolute atomic E-state index is 0.0545. The van der Waals surface area contributed by atoms with Crippen LogP contribution in [0.3, 0.4) is 0 Å². The molecule has 7 rings (SSSR count). The van der Waals surface area contributed by atoms with Gasteiger partial charge >= 0.3 is 37.1 Å². The van der Waals surface area contributed by atoms with Crippen LogP contribution in [0.1, 0.15) is 33.4 Å². The fourth-order valence-corrected chi connectivity index (χ4v) is 6.97. The third-order valence-electron chi connectivity index (χ3n) is 10.00. The topological polar surface area (TPSA) is 147 Å². The van der Waals surface area contributed by atoms with Gasteiger partial charge < -0.3 is 8.83 Å². The van der Waals surface area contributed by atoms with Gasteiger partial charge in [-0.1, -0.05) is 0 Å². The third kappa shape index (κ3) is 9.35. The number of nitriles is 4. The lowest BCUT2D eigenvalue weighted by Crippen LogP contribution is -2.11. The Labute approximate surface area is 375 Å². The summed E-state index contributed by atoms with van der Waals surface area (Å²) in [5.74, 6) is 0. The van der Waals surface area contributed by atoms with Crippen molar-refractivity contribution in [3.8, 4) is 68.8 Å². The maximum absolute atomic E-state index is 14.7. The number of nitrogens with zero attached hydrogens (tertiary/aromatic N) is 6. The molecule has 26 heteroatoms. The zero-order valence-corrected chi connectivity index (χ0v) is 33.2. The minimum atomic E-state index is -5.53. The molecular weight excluding hydrogens is 986 g/mol. The van der Waals surface area contributed by atoms with Crippen LogP contribution in [-0.4, -0.2) is 9.97 Å². The molecule has 0 spiro atoms. The number of hydrogen-bond donors (Lipinski definition) is 0. The quantitative estimate of drug-likeness (QED) is 0.158. The maximum atomic E-state index is 14.7. The zero-order chi connectivity index (χ0) is 51.8. The van der Waals surface area contributed by atoms with Gasteiger partial charge in [-0.3, -0.25) is 0 Å². The van der Waals surface area contributed by atoms with Crippen molar-refractivity contribution >= 4 is 33.3 Å². The molecule has 0 saturated heterocycles. The second-order valence-corrected chi connectivity index (χ2v) is 14.5. The van der Waals surface area contributed by atoms with Crippen molar-refractivity contribution < 1.29 is 87.9 Å². The predicted molar refractivity (Wildman–Crippen MR) is 202 cm³/mol. The Hall–Kier alpha value is -8.52. The van der Waals surface area contributed by atoms with Crippen molar-refractivity contribution in [1.82, 2.24) is 9.97 Å². The van der Waals surface area contributed by atoms with E-state index in [4.69, 9.17) is 8.83 Å². The molecule has 0 aliphatic carbocycles. The van der Waals surface area contributed by atoms with Crippen molar-refractivity contribution in [1.29, 1.82) is 21.0 Å². The van der Waals surface area contributed by atoms with E-state index in [1.165, 1.54) is 24.3 Å². The highest BCUT2D eigenvalue weighted by molar-refractivity contribution is 6.16. The lowest BCUT2D eigenvalue weighted by atomic mass is 9.90. The lowest BCUT2D eigenvalue weighted by Gasteiger charge is -2.18. The molecule has 0 radical (unpaired) electrons. The Balaban J connectivity index is 1.72. The largest absolute Gasteiger partial charge is 0.434 e. The van der Waals surface area contributed by atoms with Gasteiger partial charge in [0.2, 0.25) is 11.1 Å². The molecule has 0 N–H and O–H groups in total. The molecule has 0 fully saturated rings. The average Bonchev–Trinajstić information content (AvgIpc) is 3.89. The van der Waals surface area contributed by atoms with Crippen molar-refractivity contribution in [2.45, 2.75) is 37.1 Å². The van der Waals surface area contributed by atoms with Gasteiger partial charge in [0.1, 0.15) is 35.3 Å². The predicted octanol–water partition coefficient (Wildman–Crippen LogP) is 13.1. The van der Waals surface area contributed by atoms with Gasteiger partial charge in [0.15, 0.2) is 22.3 Å². The fraction of sp³-hybridized carbons (Fsp3) is 0.136. The summed E-state index contributed by atoms with van der Waals surface area (Å²) in [7, 11) is 0. The minimum Gasteiger partial charge on any atom is -0.434 e. The van der Waals surface area contributed by atoms with E-state index in [0.717, 1.165) is 0 Å².